The zero-order chi connectivity index (χ0) is 14.4. The van der Waals surface area contributed by atoms with E-state index in [1.165, 1.54) is 57.8 Å². The Bertz CT molecular complexity index is 447. The average molecular weight is 284 g/mol. The van der Waals surface area contributed by atoms with Crippen molar-refractivity contribution >= 4 is 0 Å². The summed E-state index contributed by atoms with van der Waals surface area (Å²) in [5.41, 5.74) is 2.40. The lowest BCUT2D eigenvalue weighted by molar-refractivity contribution is 0.0482. The van der Waals surface area contributed by atoms with Gasteiger partial charge in [0.1, 0.15) is 0 Å². The monoisotopic (exact) mass is 284 g/mol. The van der Waals surface area contributed by atoms with Gasteiger partial charge in [0, 0.05) is 5.92 Å². The summed E-state index contributed by atoms with van der Waals surface area (Å²) >= 11 is 0. The van der Waals surface area contributed by atoms with E-state index in [-0.39, 0.29) is 0 Å². The Morgan fingerprint density at radius 2 is 1.67 bits per heavy atom. The minimum atomic E-state index is 0.540. The lowest BCUT2D eigenvalue weighted by Crippen LogP contribution is -2.38. The summed E-state index contributed by atoms with van der Waals surface area (Å²) in [5.74, 6) is 4.64. The molecule has 0 N–H and O–H groups in total. The second kappa shape index (κ2) is 5.28. The molecule has 0 bridgehead atoms. The smallest absolute Gasteiger partial charge is 0.00162 e. The van der Waals surface area contributed by atoms with E-state index in [1.807, 2.05) is 5.57 Å². The first kappa shape index (κ1) is 14.1. The molecule has 0 radical (unpaired) electrons. The first-order chi connectivity index (χ1) is 10.2. The maximum absolute atomic E-state index is 2.63. The van der Waals surface area contributed by atoms with E-state index in [9.17, 15) is 0 Å². The molecule has 4 aliphatic rings. The highest BCUT2D eigenvalue weighted by atomic mass is 14.6. The van der Waals surface area contributed by atoms with Crippen molar-refractivity contribution in [1.82, 2.24) is 0 Å². The van der Waals surface area contributed by atoms with Crippen LogP contribution in [0.1, 0.15) is 71.6 Å². The minimum Gasteiger partial charge on any atom is -0.0841 e. The van der Waals surface area contributed by atoms with Gasteiger partial charge in [-0.25, -0.2) is 0 Å². The van der Waals surface area contributed by atoms with E-state index in [2.05, 4.69) is 32.1 Å². The number of rotatable bonds is 2. The molecule has 0 heteroatoms. The standard InChI is InChI=1S/C21H32/c1-21(2,15-9-3-4-10-15)20-18-13-7-5-11-16(18)17-12-6-8-14-19(17)20/h7,11,13,15,17-20H,3-6,8-10,12,14H2,1-2H3. The molecule has 0 heterocycles. The fourth-order valence-electron chi connectivity index (χ4n) is 6.63. The Kier molecular flexibility index (Phi) is 3.55. The highest BCUT2D eigenvalue weighted by Crippen LogP contribution is 2.62. The molecular weight excluding hydrogens is 252 g/mol. The predicted octanol–water partition coefficient (Wildman–Crippen LogP) is 6.14. The van der Waals surface area contributed by atoms with Crippen molar-refractivity contribution in [2.75, 3.05) is 0 Å². The summed E-state index contributed by atoms with van der Waals surface area (Å²) in [4.78, 5) is 0. The van der Waals surface area contributed by atoms with Gasteiger partial charge >= 0.3 is 0 Å². The van der Waals surface area contributed by atoms with E-state index >= 15 is 0 Å². The van der Waals surface area contributed by atoms with Crippen molar-refractivity contribution in [3.05, 3.63) is 23.8 Å². The predicted molar refractivity (Wildman–Crippen MR) is 90.0 cm³/mol. The second-order valence-electron chi connectivity index (χ2n) is 8.78. The highest BCUT2D eigenvalue weighted by molar-refractivity contribution is 5.31. The quantitative estimate of drug-likeness (QED) is 0.534. The molecule has 0 amide bonds. The van der Waals surface area contributed by atoms with Crippen LogP contribution in [-0.2, 0) is 0 Å². The van der Waals surface area contributed by atoms with Crippen LogP contribution < -0.4 is 0 Å². The Morgan fingerprint density at radius 1 is 0.952 bits per heavy atom. The van der Waals surface area contributed by atoms with Crippen LogP contribution in [0, 0.1) is 35.0 Å². The van der Waals surface area contributed by atoms with Crippen molar-refractivity contribution in [3.63, 3.8) is 0 Å². The maximum atomic E-state index is 2.63. The third kappa shape index (κ3) is 2.16. The summed E-state index contributed by atoms with van der Waals surface area (Å²) in [7, 11) is 0. The normalized spacial score (nSPS) is 40.0. The average Bonchev–Trinajstić information content (AvgIpc) is 3.14. The third-order valence-corrected chi connectivity index (χ3v) is 7.58. The Hall–Kier alpha value is -0.520. The number of fused-ring (bicyclic) bond motifs is 3. The van der Waals surface area contributed by atoms with E-state index in [4.69, 9.17) is 0 Å². The van der Waals surface area contributed by atoms with Crippen LogP contribution in [0.3, 0.4) is 0 Å². The van der Waals surface area contributed by atoms with E-state index in [0.29, 0.717) is 5.41 Å². The number of hydrogen-bond donors (Lipinski definition) is 0. The van der Waals surface area contributed by atoms with Crippen molar-refractivity contribution in [1.29, 1.82) is 0 Å². The lowest BCUT2D eigenvalue weighted by Gasteiger charge is -2.44. The van der Waals surface area contributed by atoms with Crippen LogP contribution in [0.25, 0.3) is 0 Å². The molecule has 4 unspecified atom stereocenters. The summed E-state index contributed by atoms with van der Waals surface area (Å²) < 4.78 is 0. The Labute approximate surface area is 131 Å². The van der Waals surface area contributed by atoms with Gasteiger partial charge in [0.05, 0.1) is 0 Å². The maximum Gasteiger partial charge on any atom is 0.00162 e. The number of hydrogen-bond acceptors (Lipinski definition) is 0. The van der Waals surface area contributed by atoms with Crippen LogP contribution in [0.2, 0.25) is 0 Å². The molecule has 3 fully saturated rings. The van der Waals surface area contributed by atoms with Crippen molar-refractivity contribution in [2.24, 2.45) is 35.0 Å². The van der Waals surface area contributed by atoms with Gasteiger partial charge in [0.25, 0.3) is 0 Å². The third-order valence-electron chi connectivity index (χ3n) is 7.58. The lowest BCUT2D eigenvalue weighted by atomic mass is 9.60. The van der Waals surface area contributed by atoms with Gasteiger partial charge in [-0.15, -0.1) is 0 Å². The van der Waals surface area contributed by atoms with Gasteiger partial charge in [0.15, 0.2) is 0 Å². The van der Waals surface area contributed by atoms with Gasteiger partial charge in [-0.1, -0.05) is 63.3 Å². The molecule has 4 aliphatic carbocycles. The molecule has 0 spiro atoms. The van der Waals surface area contributed by atoms with Crippen molar-refractivity contribution in [3.8, 4) is 0 Å². The first-order valence-electron chi connectivity index (χ1n) is 9.56. The summed E-state index contributed by atoms with van der Waals surface area (Å²) in [5, 5.41) is 0. The topological polar surface area (TPSA) is 0 Å². The Morgan fingerprint density at radius 3 is 2.48 bits per heavy atom. The molecular formula is C21H32. The van der Waals surface area contributed by atoms with Crippen LogP contribution in [0.15, 0.2) is 23.8 Å². The summed E-state index contributed by atoms with van der Waals surface area (Å²) in [6, 6.07) is 0. The van der Waals surface area contributed by atoms with Crippen molar-refractivity contribution < 1.29 is 0 Å². The molecule has 21 heavy (non-hydrogen) atoms. The first-order valence-corrected chi connectivity index (χ1v) is 9.56. The van der Waals surface area contributed by atoms with Crippen LogP contribution in [0.5, 0.6) is 0 Å². The summed E-state index contributed by atoms with van der Waals surface area (Å²) in [6.45, 7) is 5.26. The zero-order valence-electron chi connectivity index (χ0n) is 14.0. The molecule has 4 rings (SSSR count). The van der Waals surface area contributed by atoms with Gasteiger partial charge in [-0.05, 0) is 61.2 Å². The van der Waals surface area contributed by atoms with Gasteiger partial charge in [-0.2, -0.15) is 0 Å². The van der Waals surface area contributed by atoms with Crippen LogP contribution >= 0.6 is 0 Å². The number of allylic oxidation sites excluding steroid dienone is 4. The van der Waals surface area contributed by atoms with Crippen LogP contribution in [0.4, 0.5) is 0 Å². The highest BCUT2D eigenvalue weighted by Gasteiger charge is 2.54. The zero-order valence-corrected chi connectivity index (χ0v) is 14.0. The Balaban J connectivity index is 1.70. The summed E-state index contributed by atoms with van der Waals surface area (Å²) in [6.07, 6.45) is 20.8. The fraction of sp³-hybridized carbons (Fsp3) is 0.810. The van der Waals surface area contributed by atoms with Gasteiger partial charge in [0.2, 0.25) is 0 Å². The molecule has 0 saturated heterocycles. The van der Waals surface area contributed by atoms with Gasteiger partial charge < -0.3 is 0 Å². The van der Waals surface area contributed by atoms with E-state index in [0.717, 1.165) is 29.6 Å². The molecule has 0 nitrogen and oxygen atoms in total. The SMILES string of the molecule is CC(C)(C1CCCC1)C1C2C=CCC=C2C2CCCCC21. The molecule has 0 aliphatic heterocycles. The molecule has 4 atom stereocenters. The molecule has 3 saturated carbocycles. The molecule has 0 aromatic heterocycles. The van der Waals surface area contributed by atoms with E-state index < -0.39 is 0 Å². The van der Waals surface area contributed by atoms with Gasteiger partial charge in [-0.3, -0.25) is 0 Å². The molecule has 0 aromatic carbocycles. The largest absolute Gasteiger partial charge is 0.0841 e. The second-order valence-corrected chi connectivity index (χ2v) is 8.78. The van der Waals surface area contributed by atoms with E-state index in [1.54, 1.807) is 0 Å². The fourth-order valence-corrected chi connectivity index (χ4v) is 6.63. The molecule has 0 aromatic rings. The minimum absolute atomic E-state index is 0.540. The van der Waals surface area contributed by atoms with Crippen molar-refractivity contribution in [2.45, 2.75) is 71.6 Å². The molecule has 116 valence electrons. The van der Waals surface area contributed by atoms with Crippen LogP contribution in [-0.4, -0.2) is 0 Å².